The number of phenols is 1. The molecule has 1 fully saturated rings. The summed E-state index contributed by atoms with van der Waals surface area (Å²) < 4.78 is 21.7. The van der Waals surface area contributed by atoms with E-state index in [-0.39, 0.29) is 59.2 Å². The SMILES string of the molecule is COc1c(O)c(CCCCCCCCCCO)c(C)c(OC2OC(C(=O)[O-])C(O)C(O)C2O)c1OC.[Na+]. The Morgan fingerprint density at radius 2 is 1.41 bits per heavy atom. The Labute approximate surface area is 239 Å². The minimum Gasteiger partial charge on any atom is -0.547 e. The van der Waals surface area contributed by atoms with E-state index < -0.39 is 36.7 Å². The topological polar surface area (TPSA) is 178 Å². The molecule has 2 rings (SSSR count). The van der Waals surface area contributed by atoms with Crippen molar-refractivity contribution in [2.75, 3.05) is 20.8 Å². The third-order valence-corrected chi connectivity index (χ3v) is 6.49. The van der Waals surface area contributed by atoms with Crippen LogP contribution in [-0.4, -0.2) is 83.0 Å². The number of hydrogen-bond acceptors (Lipinski definition) is 11. The van der Waals surface area contributed by atoms with Gasteiger partial charge >= 0.3 is 29.6 Å². The Kier molecular flexibility index (Phi) is 15.1. The number of carbonyl (C=O) groups is 1. The number of aromatic hydroxyl groups is 1. The third-order valence-electron chi connectivity index (χ3n) is 6.49. The number of aliphatic hydroxyl groups is 4. The second-order valence-corrected chi connectivity index (χ2v) is 8.98. The van der Waals surface area contributed by atoms with Crippen LogP contribution >= 0.6 is 0 Å². The van der Waals surface area contributed by atoms with E-state index in [1.54, 1.807) is 6.92 Å². The van der Waals surface area contributed by atoms with Crippen molar-refractivity contribution >= 4 is 5.97 Å². The van der Waals surface area contributed by atoms with Gasteiger partial charge in [0.15, 0.2) is 11.5 Å². The fourth-order valence-corrected chi connectivity index (χ4v) is 4.39. The van der Waals surface area contributed by atoms with Gasteiger partial charge in [-0.2, -0.15) is 0 Å². The van der Waals surface area contributed by atoms with Crippen LogP contribution in [0.3, 0.4) is 0 Å². The molecule has 0 aliphatic carbocycles. The molecule has 1 aromatic carbocycles. The molecule has 206 valence electrons. The summed E-state index contributed by atoms with van der Waals surface area (Å²) in [5.41, 5.74) is 1.00. The van der Waals surface area contributed by atoms with Gasteiger partial charge in [0.1, 0.15) is 24.4 Å². The average molecular weight is 539 g/mol. The number of hydrogen-bond donors (Lipinski definition) is 5. The number of rotatable bonds is 15. The largest absolute Gasteiger partial charge is 1.00 e. The number of carboxylic acid groups (broad SMARTS) is 1. The first-order valence-electron chi connectivity index (χ1n) is 12.3. The van der Waals surface area contributed by atoms with Gasteiger partial charge in [-0.25, -0.2) is 0 Å². The number of benzene rings is 1. The zero-order valence-corrected chi connectivity index (χ0v) is 24.1. The van der Waals surface area contributed by atoms with Crippen molar-refractivity contribution in [2.45, 2.75) is 95.4 Å². The molecule has 0 saturated carbocycles. The molecule has 12 heteroatoms. The first kappa shape index (κ1) is 33.7. The molecule has 0 amide bonds. The molecule has 1 heterocycles. The molecule has 0 bridgehead atoms. The molecule has 0 aromatic heterocycles. The number of phenolic OH excluding ortho intramolecular Hbond substituents is 1. The van der Waals surface area contributed by atoms with Gasteiger partial charge in [-0.05, 0) is 26.2 Å². The Morgan fingerprint density at radius 1 is 0.865 bits per heavy atom. The molecule has 5 atom stereocenters. The van der Waals surface area contributed by atoms with Crippen molar-refractivity contribution in [2.24, 2.45) is 0 Å². The van der Waals surface area contributed by atoms with Crippen LogP contribution in [-0.2, 0) is 16.0 Å². The van der Waals surface area contributed by atoms with Crippen molar-refractivity contribution in [1.29, 1.82) is 0 Å². The van der Waals surface area contributed by atoms with Crippen molar-refractivity contribution in [3.05, 3.63) is 11.1 Å². The molecule has 1 aliphatic rings. The second-order valence-electron chi connectivity index (χ2n) is 8.98. The monoisotopic (exact) mass is 538 g/mol. The predicted molar refractivity (Wildman–Crippen MR) is 126 cm³/mol. The van der Waals surface area contributed by atoms with Gasteiger partial charge in [-0.3, -0.25) is 0 Å². The number of carbonyl (C=O) groups excluding carboxylic acids is 1. The number of ether oxygens (including phenoxy) is 4. The standard InChI is InChI=1S/C25H40O11.Na/c1-14-15(12-10-8-6-4-5-7-9-11-13-26)16(27)21(33-2)23(34-3)20(14)35-25-19(30)17(28)18(29)22(36-25)24(31)32;/h17-19,22,25-30H,4-13H2,1-3H3,(H,31,32);/q;+1/p-1. The Morgan fingerprint density at radius 3 is 1.92 bits per heavy atom. The summed E-state index contributed by atoms with van der Waals surface area (Å²) in [6, 6.07) is 0. The van der Waals surface area contributed by atoms with Crippen LogP contribution in [0.15, 0.2) is 0 Å². The zero-order valence-electron chi connectivity index (χ0n) is 22.1. The van der Waals surface area contributed by atoms with E-state index in [0.29, 0.717) is 17.5 Å². The number of methoxy groups -OCH3 is 2. The quantitative estimate of drug-likeness (QED) is 0.116. The molecule has 1 saturated heterocycles. The molecule has 0 spiro atoms. The third kappa shape index (κ3) is 8.59. The molecule has 37 heavy (non-hydrogen) atoms. The van der Waals surface area contributed by atoms with Gasteiger partial charge < -0.3 is 54.4 Å². The van der Waals surface area contributed by atoms with Crippen molar-refractivity contribution in [3.8, 4) is 23.0 Å². The first-order chi connectivity index (χ1) is 17.2. The maximum absolute atomic E-state index is 11.3. The molecule has 0 radical (unpaired) electrons. The van der Waals surface area contributed by atoms with Crippen molar-refractivity contribution in [3.63, 3.8) is 0 Å². The maximum atomic E-state index is 11.3. The molecule has 5 unspecified atom stereocenters. The van der Waals surface area contributed by atoms with Crippen LogP contribution in [0.5, 0.6) is 23.0 Å². The normalized spacial score (nSPS) is 23.3. The number of carboxylic acids is 1. The number of aliphatic carboxylic acids is 1. The predicted octanol–water partition coefficient (Wildman–Crippen LogP) is -2.69. The van der Waals surface area contributed by atoms with E-state index in [0.717, 1.165) is 51.4 Å². The summed E-state index contributed by atoms with van der Waals surface area (Å²) >= 11 is 0. The van der Waals surface area contributed by atoms with E-state index in [4.69, 9.17) is 24.1 Å². The first-order valence-corrected chi connectivity index (χ1v) is 12.3. The zero-order chi connectivity index (χ0) is 26.8. The summed E-state index contributed by atoms with van der Waals surface area (Å²) in [6.45, 7) is 1.90. The van der Waals surface area contributed by atoms with E-state index in [2.05, 4.69) is 0 Å². The second kappa shape index (κ2) is 16.6. The average Bonchev–Trinajstić information content (AvgIpc) is 2.85. The smallest absolute Gasteiger partial charge is 0.547 e. The molecule has 1 aromatic rings. The van der Waals surface area contributed by atoms with E-state index in [9.17, 15) is 30.3 Å². The van der Waals surface area contributed by atoms with Crippen LogP contribution in [0.2, 0.25) is 0 Å². The van der Waals surface area contributed by atoms with Crippen LogP contribution in [0, 0.1) is 6.92 Å². The number of aliphatic hydroxyl groups excluding tert-OH is 4. The Bertz CT molecular complexity index is 851. The van der Waals surface area contributed by atoms with Crippen LogP contribution in [0.1, 0.15) is 62.5 Å². The van der Waals surface area contributed by atoms with Gasteiger partial charge in [-0.15, -0.1) is 0 Å². The summed E-state index contributed by atoms with van der Waals surface area (Å²) in [4.78, 5) is 11.3. The Hall–Kier alpha value is -1.31. The summed E-state index contributed by atoms with van der Waals surface area (Å²) in [7, 11) is 2.67. The Balaban J connectivity index is 0.00000684. The van der Waals surface area contributed by atoms with Crippen LogP contribution in [0.4, 0.5) is 0 Å². The summed E-state index contributed by atoms with van der Waals surface area (Å²) in [6.07, 6.45) is -0.769. The van der Waals surface area contributed by atoms with Gasteiger partial charge in [0.2, 0.25) is 17.8 Å². The van der Waals surface area contributed by atoms with Gasteiger partial charge in [0.05, 0.1) is 20.2 Å². The number of unbranched alkanes of at least 4 members (excludes halogenated alkanes) is 7. The van der Waals surface area contributed by atoms with Gasteiger partial charge in [-0.1, -0.05) is 38.5 Å². The maximum Gasteiger partial charge on any atom is 1.00 e. The van der Waals surface area contributed by atoms with Gasteiger partial charge in [0.25, 0.3) is 0 Å². The summed E-state index contributed by atoms with van der Waals surface area (Å²) in [5, 5.41) is 61.4. The fraction of sp³-hybridized carbons (Fsp3) is 0.720. The minimum absolute atomic E-state index is 0. The molecule has 5 N–H and O–H groups in total. The molecular weight excluding hydrogens is 499 g/mol. The van der Waals surface area contributed by atoms with Gasteiger partial charge in [0, 0.05) is 17.7 Å². The van der Waals surface area contributed by atoms with Crippen molar-refractivity contribution < 1.29 is 83.9 Å². The van der Waals surface area contributed by atoms with Crippen molar-refractivity contribution in [1.82, 2.24) is 0 Å². The molecule has 1 aliphatic heterocycles. The summed E-state index contributed by atoms with van der Waals surface area (Å²) in [5.74, 6) is -1.85. The van der Waals surface area contributed by atoms with E-state index in [1.165, 1.54) is 14.2 Å². The molecule has 11 nitrogen and oxygen atoms in total. The van der Waals surface area contributed by atoms with Crippen LogP contribution in [0.25, 0.3) is 0 Å². The molecular formula is C25H39NaO11. The minimum atomic E-state index is -1.93. The van der Waals surface area contributed by atoms with E-state index >= 15 is 0 Å². The van der Waals surface area contributed by atoms with E-state index in [1.807, 2.05) is 0 Å². The fourth-order valence-electron chi connectivity index (χ4n) is 4.39. The van der Waals surface area contributed by atoms with Crippen LogP contribution < -0.4 is 48.9 Å².